The smallest absolute Gasteiger partial charge is 0.0470 e. The molecule has 0 heterocycles. The first-order valence-electron chi connectivity index (χ1n) is 48.6. The Morgan fingerprint density at radius 1 is 0.219 bits per heavy atom. The van der Waals surface area contributed by atoms with Crippen LogP contribution in [0.2, 0.25) is 0 Å². The SMILES string of the molecule is Cc1cc(-c2cccc(-c3ccc(C4CCCCC4)cc3)c2)cc(N(c2ccc(-c3cc(C(C)(C)C)cc(C(C)(C)C)c3)cc2)c2ccc3c(c2)C(C)(C)c2ccccc2-3)c1.Cc1cc(N(c2ccc(-c3cc(C(C)(C)C)cc(C(C)(C)C)c3)cc2)c2ccc3c(c2)C(C)(C)c2ccccc2-3)ccc1-c1cccc(-c2cc(C3CCCCC3)cc(C3CCCCC3)c2)c1. The molecule has 19 rings (SSSR count). The zero-order valence-electron chi connectivity index (χ0n) is 80.0. The van der Waals surface area contributed by atoms with Gasteiger partial charge in [0.05, 0.1) is 0 Å². The van der Waals surface area contributed by atoms with Crippen molar-refractivity contribution in [1.29, 1.82) is 0 Å². The van der Waals surface area contributed by atoms with Gasteiger partial charge in [-0.1, -0.05) is 381 Å². The van der Waals surface area contributed by atoms with E-state index >= 15 is 0 Å². The van der Waals surface area contributed by atoms with E-state index in [9.17, 15) is 0 Å². The van der Waals surface area contributed by atoms with E-state index in [0.717, 1.165) is 17.1 Å². The van der Waals surface area contributed by atoms with Crippen LogP contribution in [-0.2, 0) is 32.5 Å². The average molecular weight is 1680 g/mol. The van der Waals surface area contributed by atoms with Gasteiger partial charge in [-0.15, -0.1) is 0 Å². The lowest BCUT2D eigenvalue weighted by Crippen LogP contribution is -2.17. The third-order valence-corrected chi connectivity index (χ3v) is 29.8. The van der Waals surface area contributed by atoms with Crippen LogP contribution in [0.15, 0.2) is 297 Å². The van der Waals surface area contributed by atoms with Gasteiger partial charge < -0.3 is 9.80 Å². The highest BCUT2D eigenvalue weighted by Gasteiger charge is 2.39. The van der Waals surface area contributed by atoms with Crippen LogP contribution in [0, 0.1) is 13.8 Å². The van der Waals surface area contributed by atoms with Crippen molar-refractivity contribution in [2.24, 2.45) is 0 Å². The van der Waals surface area contributed by atoms with E-state index in [1.54, 1.807) is 11.1 Å². The van der Waals surface area contributed by atoms with Crippen LogP contribution in [0.4, 0.5) is 34.1 Å². The fourth-order valence-electron chi connectivity index (χ4n) is 22.0. The van der Waals surface area contributed by atoms with E-state index in [1.807, 2.05) is 0 Å². The molecular formula is C126H136N2. The first-order valence-corrected chi connectivity index (χ1v) is 48.6. The quantitative estimate of drug-likeness (QED) is 0.101. The van der Waals surface area contributed by atoms with Gasteiger partial charge in [0.2, 0.25) is 0 Å². The summed E-state index contributed by atoms with van der Waals surface area (Å²) in [7, 11) is 0. The third kappa shape index (κ3) is 17.9. The highest BCUT2D eigenvalue weighted by Crippen LogP contribution is 2.55. The van der Waals surface area contributed by atoms with Gasteiger partial charge in [-0.25, -0.2) is 0 Å². The van der Waals surface area contributed by atoms with Gasteiger partial charge in [0.25, 0.3) is 0 Å². The predicted octanol–water partition coefficient (Wildman–Crippen LogP) is 36.9. The van der Waals surface area contributed by atoms with Crippen LogP contribution >= 0.6 is 0 Å². The van der Waals surface area contributed by atoms with E-state index in [-0.39, 0.29) is 32.5 Å². The van der Waals surface area contributed by atoms with E-state index in [1.165, 1.54) is 264 Å². The van der Waals surface area contributed by atoms with Gasteiger partial charge in [0.15, 0.2) is 0 Å². The summed E-state index contributed by atoms with van der Waals surface area (Å²) in [6.45, 7) is 41.9. The zero-order valence-corrected chi connectivity index (χ0v) is 80.0. The lowest BCUT2D eigenvalue weighted by atomic mass is 9.78. The number of nitrogens with zero attached hydrogens (tertiary/aromatic N) is 2. The molecule has 3 fully saturated rings. The van der Waals surface area contributed by atoms with Gasteiger partial charge in [-0.05, 0) is 338 Å². The molecule has 0 unspecified atom stereocenters. The molecule has 0 spiro atoms. The number of benzene rings is 14. The molecule has 0 aliphatic heterocycles. The van der Waals surface area contributed by atoms with Gasteiger partial charge in [0.1, 0.15) is 0 Å². The molecule has 0 atom stereocenters. The maximum absolute atomic E-state index is 2.62. The van der Waals surface area contributed by atoms with Crippen molar-refractivity contribution in [1.82, 2.24) is 0 Å². The minimum Gasteiger partial charge on any atom is -0.310 e. The van der Waals surface area contributed by atoms with Crippen molar-refractivity contribution in [3.8, 4) is 89.0 Å². The number of aryl methyl sites for hydroxylation is 2. The molecule has 0 N–H and O–H groups in total. The van der Waals surface area contributed by atoms with Gasteiger partial charge in [-0.2, -0.15) is 0 Å². The Morgan fingerprint density at radius 3 is 0.969 bits per heavy atom. The maximum Gasteiger partial charge on any atom is 0.0470 e. The van der Waals surface area contributed by atoms with Crippen molar-refractivity contribution in [3.63, 3.8) is 0 Å². The summed E-state index contributed by atoms with van der Waals surface area (Å²) in [5, 5.41) is 0. The zero-order chi connectivity index (χ0) is 89.3. The van der Waals surface area contributed by atoms with Crippen molar-refractivity contribution in [3.05, 3.63) is 370 Å². The molecule has 14 aromatic carbocycles. The molecule has 128 heavy (non-hydrogen) atoms. The summed E-state index contributed by atoms with van der Waals surface area (Å²) in [6, 6.07) is 115. The first-order chi connectivity index (χ1) is 61.2. The van der Waals surface area contributed by atoms with Crippen LogP contribution in [0.5, 0.6) is 0 Å². The summed E-state index contributed by atoms with van der Waals surface area (Å²) < 4.78 is 0. The van der Waals surface area contributed by atoms with Crippen molar-refractivity contribution in [2.45, 2.75) is 271 Å². The molecular weight excluding hydrogens is 1540 g/mol. The molecule has 0 radical (unpaired) electrons. The Bertz CT molecular complexity index is 6300. The number of hydrogen-bond acceptors (Lipinski definition) is 2. The lowest BCUT2D eigenvalue weighted by molar-refractivity contribution is 0.435. The fraction of sp³-hybridized carbons (Fsp3) is 0.333. The second-order valence-corrected chi connectivity index (χ2v) is 43.9. The third-order valence-electron chi connectivity index (χ3n) is 29.8. The van der Waals surface area contributed by atoms with Crippen LogP contribution in [0.1, 0.15) is 297 Å². The molecule has 0 bridgehead atoms. The highest BCUT2D eigenvalue weighted by molar-refractivity contribution is 5.90. The molecule has 2 heteroatoms. The Balaban J connectivity index is 0.000000174. The summed E-state index contributed by atoms with van der Waals surface area (Å²) in [5.74, 6) is 2.11. The Morgan fingerprint density at radius 2 is 0.547 bits per heavy atom. The normalized spacial score (nSPS) is 15.8. The van der Waals surface area contributed by atoms with Gasteiger partial charge in [0, 0.05) is 45.0 Å². The van der Waals surface area contributed by atoms with E-state index < -0.39 is 0 Å². The molecule has 3 saturated carbocycles. The molecule has 0 saturated heterocycles. The average Bonchev–Trinajstić information content (AvgIpc) is 1.58. The van der Waals surface area contributed by atoms with E-state index in [0.29, 0.717) is 17.8 Å². The molecule has 0 aromatic heterocycles. The van der Waals surface area contributed by atoms with Crippen molar-refractivity contribution in [2.75, 3.05) is 9.80 Å². The first kappa shape index (κ1) is 87.4. The summed E-state index contributed by atoms with van der Waals surface area (Å²) >= 11 is 0. The van der Waals surface area contributed by atoms with Crippen LogP contribution in [0.25, 0.3) is 89.0 Å². The second kappa shape index (κ2) is 34.9. The highest BCUT2D eigenvalue weighted by atomic mass is 15.1. The minimum atomic E-state index is -0.104. The van der Waals surface area contributed by atoms with Gasteiger partial charge in [-0.3, -0.25) is 0 Å². The fourth-order valence-corrected chi connectivity index (χ4v) is 22.0. The summed E-state index contributed by atoms with van der Waals surface area (Å²) in [4.78, 5) is 4.95. The monoisotopic (exact) mass is 1680 g/mol. The largest absolute Gasteiger partial charge is 0.310 e. The van der Waals surface area contributed by atoms with Gasteiger partial charge >= 0.3 is 0 Å². The number of hydrogen-bond donors (Lipinski definition) is 0. The number of fused-ring (bicyclic) bond motifs is 6. The van der Waals surface area contributed by atoms with Crippen LogP contribution in [0.3, 0.4) is 0 Å². The Labute approximate surface area is 768 Å². The molecule has 650 valence electrons. The molecule has 0 amide bonds. The van der Waals surface area contributed by atoms with Crippen LogP contribution < -0.4 is 9.80 Å². The molecule has 5 aliphatic rings. The van der Waals surface area contributed by atoms with Crippen molar-refractivity contribution >= 4 is 34.1 Å². The molecule has 14 aromatic rings. The lowest BCUT2D eigenvalue weighted by Gasteiger charge is -2.29. The van der Waals surface area contributed by atoms with E-state index in [4.69, 9.17) is 0 Å². The molecule has 5 aliphatic carbocycles. The summed E-state index contributed by atoms with van der Waals surface area (Å²) in [5.41, 5.74) is 45.9. The van der Waals surface area contributed by atoms with E-state index in [2.05, 4.69) is 432 Å². The Hall–Kier alpha value is -11.3. The summed E-state index contributed by atoms with van der Waals surface area (Å²) in [6.07, 6.45) is 20.3. The maximum atomic E-state index is 2.62. The molecule has 2 nitrogen and oxygen atoms in total. The predicted molar refractivity (Wildman–Crippen MR) is 552 cm³/mol. The standard InChI is InChI=1S/C66H73N.C60H63N/c1-44-35-57(31-33-59(44)49-24-18-23-48(36-49)52-38-50(45-19-12-10-13-20-45)37-51(39-52)46-21-14-11-15-22-46)67(58-32-34-61-60-25-16-17-26-62(60)66(8,9)63(61)43-58)56-29-27-47(28-30-56)53-40-54(64(2,3)4)42-55(41-53)65(5,6)7;1-40-32-47(46-19-15-18-45(34-46)43-24-22-42(23-25-43)41-16-11-10-12-17-41)37-53(33-40)61(52-30-31-55-54-20-13-14-21-56(54)60(8,9)57(55)39-52)51-28-26-44(27-29-51)48-35-49(58(2,3)4)38-50(36-48)59(5,6)7/h16-18,23-43,45-46H,10-15,19-22H2,1-9H3;13-15,18-39,41H,10-12,16-17H2,1-9H3. The number of anilines is 6. The Kier molecular flexibility index (Phi) is 23.8. The van der Waals surface area contributed by atoms with Crippen molar-refractivity contribution < 1.29 is 0 Å². The minimum absolute atomic E-state index is 0.0509. The topological polar surface area (TPSA) is 6.48 Å². The number of rotatable bonds is 15. The van der Waals surface area contributed by atoms with Crippen LogP contribution in [-0.4, -0.2) is 0 Å². The second-order valence-electron chi connectivity index (χ2n) is 43.9.